The van der Waals surface area contributed by atoms with Crippen molar-refractivity contribution in [3.8, 4) is 11.3 Å². The number of benzene rings is 2. The first kappa shape index (κ1) is 14.6. The molecule has 5 rings (SSSR count). The van der Waals surface area contributed by atoms with Crippen molar-refractivity contribution < 1.29 is 4.57 Å². The molecule has 116 valence electrons. The molecule has 0 saturated carbocycles. The minimum absolute atomic E-state index is 0.325. The van der Waals surface area contributed by atoms with E-state index in [0.29, 0.717) is 29.0 Å². The Labute approximate surface area is 151 Å². The molecule has 24 heavy (non-hydrogen) atoms. The molecule has 0 amide bonds. The van der Waals surface area contributed by atoms with Crippen molar-refractivity contribution in [3.05, 3.63) is 59.3 Å². The Hall–Kier alpha value is -1.70. The first-order valence-corrected chi connectivity index (χ1v) is 11.4. The van der Waals surface area contributed by atoms with Gasteiger partial charge in [0.1, 0.15) is 0 Å². The number of pyridine rings is 1. The van der Waals surface area contributed by atoms with E-state index in [9.17, 15) is 0 Å². The molecule has 2 nitrogen and oxygen atoms in total. The van der Waals surface area contributed by atoms with E-state index < -0.39 is 0 Å². The molecule has 2 aromatic carbocycles. The van der Waals surface area contributed by atoms with Gasteiger partial charge in [-0.25, -0.2) is 0 Å². The molecule has 0 saturated heterocycles. The Morgan fingerprint density at radius 2 is 1.83 bits per heavy atom. The molecule has 0 bridgehead atoms. The van der Waals surface area contributed by atoms with E-state index in [0.717, 1.165) is 0 Å². The normalized spacial score (nSPS) is 11.8. The van der Waals surface area contributed by atoms with Crippen LogP contribution < -0.4 is 4.57 Å². The van der Waals surface area contributed by atoms with Crippen LogP contribution in [-0.2, 0) is 7.05 Å². The predicted octanol–water partition coefficient (Wildman–Crippen LogP) is 3.46. The van der Waals surface area contributed by atoms with Crippen LogP contribution in [0, 0.1) is 6.92 Å². The van der Waals surface area contributed by atoms with Crippen LogP contribution in [0.25, 0.3) is 40.3 Å². The van der Waals surface area contributed by atoms with Crippen LogP contribution >= 0.6 is 0 Å². The Morgan fingerprint density at radius 3 is 2.75 bits per heavy atom. The van der Waals surface area contributed by atoms with Crippen molar-refractivity contribution in [1.29, 1.82) is 0 Å². The fourth-order valence-electron chi connectivity index (χ4n) is 3.49. The van der Waals surface area contributed by atoms with Crippen LogP contribution in [0.3, 0.4) is 0 Å². The molecule has 0 radical (unpaired) electrons. The average Bonchev–Trinajstić information content (AvgIpc) is 3.17. The summed E-state index contributed by atoms with van der Waals surface area (Å²) in [5.41, 5.74) is 4.10. The van der Waals surface area contributed by atoms with Crippen molar-refractivity contribution in [2.75, 3.05) is 0 Å². The molecule has 0 aliphatic carbocycles. The summed E-state index contributed by atoms with van der Waals surface area (Å²) in [6.45, 7) is 2.25. The van der Waals surface area contributed by atoms with Gasteiger partial charge in [-0.15, -0.1) is 0 Å². The van der Waals surface area contributed by atoms with Gasteiger partial charge in [-0.05, 0) is 0 Å². The van der Waals surface area contributed by atoms with Gasteiger partial charge >= 0.3 is 152 Å². The number of fused-ring (bicyclic) bond motifs is 4. The number of rotatable bonds is 1. The summed E-state index contributed by atoms with van der Waals surface area (Å²) in [4.78, 5) is 4.65. The average molecular weight is 441 g/mol. The second-order valence-corrected chi connectivity index (χ2v) is 9.96. The van der Waals surface area contributed by atoms with E-state index in [-0.39, 0.29) is 0 Å². The second kappa shape index (κ2) is 5.40. The van der Waals surface area contributed by atoms with Gasteiger partial charge in [0.05, 0.1) is 0 Å². The van der Waals surface area contributed by atoms with Gasteiger partial charge < -0.3 is 0 Å². The van der Waals surface area contributed by atoms with Crippen LogP contribution in [0.1, 0.15) is 5.56 Å². The van der Waals surface area contributed by atoms with Crippen LogP contribution in [0.2, 0.25) is 0 Å². The number of hydrogen-bond acceptors (Lipinski definition) is 1. The quantitative estimate of drug-likeness (QED) is 0.288. The summed E-state index contributed by atoms with van der Waals surface area (Å²) in [5, 5.41) is 6.23. The molecule has 0 atom stereocenters. The predicted molar refractivity (Wildman–Crippen MR) is 102 cm³/mol. The summed E-state index contributed by atoms with van der Waals surface area (Å²) < 4.78 is 6.66. The first-order chi connectivity index (χ1) is 11.7. The number of hydrogen-bond donors (Lipinski definition) is 0. The fourth-order valence-corrected chi connectivity index (χ4v) is 9.00. The molecular formula is C20H15N2Se2+. The third kappa shape index (κ3) is 2.01. The Balaban J connectivity index is 1.92. The molecule has 0 fully saturated rings. The van der Waals surface area contributed by atoms with Gasteiger partial charge in [0, 0.05) is 0 Å². The second-order valence-electron chi connectivity index (χ2n) is 6.07. The summed E-state index contributed by atoms with van der Waals surface area (Å²) in [7, 11) is 2.16. The third-order valence-electron chi connectivity index (χ3n) is 4.71. The molecule has 0 aliphatic rings. The van der Waals surface area contributed by atoms with E-state index in [1.807, 2.05) is 0 Å². The monoisotopic (exact) mass is 443 g/mol. The molecule has 5 aromatic rings. The minimum atomic E-state index is 0.325. The zero-order valence-electron chi connectivity index (χ0n) is 13.4. The molecule has 3 heterocycles. The molecule has 4 heteroatoms. The number of aryl methyl sites for hydroxylation is 2. The summed E-state index contributed by atoms with van der Waals surface area (Å²) >= 11 is 0.740. The van der Waals surface area contributed by atoms with Gasteiger partial charge in [-0.2, -0.15) is 0 Å². The maximum atomic E-state index is 4.65. The Bertz CT molecular complexity index is 1230. The van der Waals surface area contributed by atoms with Gasteiger partial charge in [0.2, 0.25) is 0 Å². The Morgan fingerprint density at radius 1 is 0.958 bits per heavy atom. The van der Waals surface area contributed by atoms with E-state index in [4.69, 9.17) is 0 Å². The zero-order chi connectivity index (χ0) is 16.3. The number of nitrogens with zero attached hydrogens (tertiary/aromatic N) is 2. The summed E-state index contributed by atoms with van der Waals surface area (Å²) in [6.07, 6.45) is 2.21. The molecule has 0 spiro atoms. The molecule has 0 N–H and O–H groups in total. The first-order valence-electron chi connectivity index (χ1n) is 7.87. The van der Waals surface area contributed by atoms with E-state index in [1.54, 1.807) is 0 Å². The van der Waals surface area contributed by atoms with E-state index >= 15 is 0 Å². The summed E-state index contributed by atoms with van der Waals surface area (Å²) in [5.74, 6) is 0. The molecule has 3 aromatic heterocycles. The maximum absolute atomic E-state index is 4.65. The van der Waals surface area contributed by atoms with Gasteiger partial charge in [0.25, 0.3) is 0 Å². The van der Waals surface area contributed by atoms with Crippen molar-refractivity contribution in [2.45, 2.75) is 6.92 Å². The molecular weight excluding hydrogens is 426 g/mol. The van der Waals surface area contributed by atoms with E-state index in [2.05, 4.69) is 77.3 Å². The molecule has 0 unspecified atom stereocenters. The van der Waals surface area contributed by atoms with Crippen LogP contribution in [-0.4, -0.2) is 34.0 Å². The van der Waals surface area contributed by atoms with Crippen molar-refractivity contribution in [2.24, 2.45) is 7.05 Å². The van der Waals surface area contributed by atoms with Gasteiger partial charge in [0.15, 0.2) is 0 Å². The van der Waals surface area contributed by atoms with Gasteiger partial charge in [-0.1, -0.05) is 0 Å². The Kier molecular flexibility index (Phi) is 3.29. The van der Waals surface area contributed by atoms with Crippen molar-refractivity contribution in [1.82, 2.24) is 4.98 Å². The van der Waals surface area contributed by atoms with Crippen molar-refractivity contribution in [3.63, 3.8) is 0 Å². The van der Waals surface area contributed by atoms with Crippen LogP contribution in [0.5, 0.6) is 0 Å². The topological polar surface area (TPSA) is 16.8 Å². The van der Waals surface area contributed by atoms with Crippen LogP contribution in [0.4, 0.5) is 0 Å². The SMILES string of the molecule is Cc1c(-c2c3[se]c4nc[se]c4c3cc[n+]2C)ccc2ccccc12. The zero-order valence-corrected chi connectivity index (χ0v) is 16.8. The summed E-state index contributed by atoms with van der Waals surface area (Å²) in [6, 6.07) is 15.5. The van der Waals surface area contributed by atoms with Crippen molar-refractivity contribution >= 4 is 58.1 Å². The van der Waals surface area contributed by atoms with E-state index in [1.165, 1.54) is 45.9 Å². The van der Waals surface area contributed by atoms with Crippen LogP contribution in [0.15, 0.2) is 53.7 Å². The standard InChI is InChI=1S/C20H15N2Se2/c1-12-14-6-4-3-5-13(14)7-8-15(12)17-18-16(9-10-22(17)2)19-20(24-18)21-11-23-19/h3-11H,1-2H3/q+1. The van der Waals surface area contributed by atoms with Gasteiger partial charge in [-0.3, -0.25) is 0 Å². The fraction of sp³-hybridized carbons (Fsp3) is 0.100. The molecule has 0 aliphatic heterocycles. The number of aromatic nitrogens is 2. The third-order valence-corrected chi connectivity index (χ3v) is 9.52.